The van der Waals surface area contributed by atoms with Gasteiger partial charge in [-0.3, -0.25) is 9.78 Å². The summed E-state index contributed by atoms with van der Waals surface area (Å²) >= 11 is 0. The van der Waals surface area contributed by atoms with Crippen LogP contribution in [0.2, 0.25) is 0 Å². The summed E-state index contributed by atoms with van der Waals surface area (Å²) in [6, 6.07) is 9.38. The molecule has 1 fully saturated rings. The molecule has 0 saturated carbocycles. The van der Waals surface area contributed by atoms with E-state index in [4.69, 9.17) is 9.26 Å². The molecule has 1 atom stereocenters. The van der Waals surface area contributed by atoms with Crippen molar-refractivity contribution in [2.45, 2.75) is 20.0 Å². The molecule has 1 saturated heterocycles. The van der Waals surface area contributed by atoms with Crippen molar-refractivity contribution in [2.24, 2.45) is 5.41 Å². The summed E-state index contributed by atoms with van der Waals surface area (Å²) in [5.74, 6) is 1.12. The predicted octanol–water partition coefficient (Wildman–Crippen LogP) is 3.22. The maximum atomic E-state index is 12.8. The third-order valence-electron chi connectivity index (χ3n) is 5.50. The number of fused-ring (bicyclic) bond motifs is 1. The van der Waals surface area contributed by atoms with E-state index in [9.17, 15) is 4.79 Å². The van der Waals surface area contributed by atoms with Crippen LogP contribution in [0.1, 0.15) is 29.6 Å². The van der Waals surface area contributed by atoms with Crippen molar-refractivity contribution in [3.63, 3.8) is 0 Å². The lowest BCUT2D eigenvalue weighted by Gasteiger charge is -2.29. The van der Waals surface area contributed by atoms with Gasteiger partial charge in [0.2, 0.25) is 0 Å². The van der Waals surface area contributed by atoms with Crippen LogP contribution in [0.4, 0.5) is 0 Å². The molecule has 0 unspecified atom stereocenters. The fraction of sp³-hybridized carbons (Fsp3) is 0.409. The van der Waals surface area contributed by atoms with E-state index >= 15 is 0 Å². The number of amides is 1. The van der Waals surface area contributed by atoms with Gasteiger partial charge in [-0.15, -0.1) is 0 Å². The molecule has 3 aromatic rings. The molecule has 7 heteroatoms. The minimum atomic E-state index is -0.132. The summed E-state index contributed by atoms with van der Waals surface area (Å²) in [5.41, 5.74) is 0.418. The number of nitrogens with zero attached hydrogens (tertiary/aromatic N) is 4. The molecular weight excluding hydrogens is 368 g/mol. The number of carbonyl (C=O) groups is 1. The number of hydrogen-bond acceptors (Lipinski definition) is 6. The van der Waals surface area contributed by atoms with Crippen molar-refractivity contribution in [1.29, 1.82) is 0 Å². The predicted molar refractivity (Wildman–Crippen MR) is 110 cm³/mol. The highest BCUT2D eigenvalue weighted by molar-refractivity contribution is 5.92. The number of benzene rings is 1. The second kappa shape index (κ2) is 7.83. The highest BCUT2D eigenvalue weighted by Crippen LogP contribution is 2.30. The quantitative estimate of drug-likeness (QED) is 0.639. The van der Waals surface area contributed by atoms with Crippen LogP contribution in [-0.4, -0.2) is 59.6 Å². The third kappa shape index (κ3) is 4.24. The van der Waals surface area contributed by atoms with Crippen LogP contribution in [0.5, 0.6) is 5.75 Å². The maximum absolute atomic E-state index is 12.8. The number of pyridine rings is 1. The van der Waals surface area contributed by atoms with Crippen LogP contribution < -0.4 is 4.74 Å². The zero-order valence-corrected chi connectivity index (χ0v) is 17.1. The Morgan fingerprint density at radius 1 is 1.38 bits per heavy atom. The van der Waals surface area contributed by atoms with Gasteiger partial charge in [-0.2, -0.15) is 0 Å². The Labute approximate surface area is 170 Å². The SMILES string of the molecule is CN1CC[C@@](C)(CN(C)C(=O)c2cc(COc3cccc4cnccc34)on2)C1. The first-order valence-corrected chi connectivity index (χ1v) is 9.79. The third-order valence-corrected chi connectivity index (χ3v) is 5.50. The number of ether oxygens (including phenoxy) is 1. The van der Waals surface area contributed by atoms with E-state index in [1.165, 1.54) is 0 Å². The average molecular weight is 394 g/mol. The van der Waals surface area contributed by atoms with Crippen molar-refractivity contribution >= 4 is 16.7 Å². The fourth-order valence-electron chi connectivity index (χ4n) is 4.09. The van der Waals surface area contributed by atoms with Gasteiger partial charge in [0, 0.05) is 49.4 Å². The van der Waals surface area contributed by atoms with Crippen LogP contribution >= 0.6 is 0 Å². The monoisotopic (exact) mass is 394 g/mol. The number of likely N-dealkylation sites (tertiary alicyclic amines) is 1. The molecular formula is C22H26N4O3. The van der Waals surface area contributed by atoms with Crippen molar-refractivity contribution in [2.75, 3.05) is 33.7 Å². The molecule has 0 spiro atoms. The average Bonchev–Trinajstić information content (AvgIpc) is 3.32. The van der Waals surface area contributed by atoms with Crippen LogP contribution in [0.15, 0.2) is 47.2 Å². The molecule has 3 heterocycles. The molecule has 7 nitrogen and oxygen atoms in total. The first-order chi connectivity index (χ1) is 13.9. The first kappa shape index (κ1) is 19.4. The summed E-state index contributed by atoms with van der Waals surface area (Å²) < 4.78 is 11.2. The normalized spacial score (nSPS) is 19.6. The van der Waals surface area contributed by atoms with Crippen LogP contribution in [0, 0.1) is 5.41 Å². The van der Waals surface area contributed by atoms with Gasteiger partial charge in [-0.05, 0) is 37.6 Å². The van der Waals surface area contributed by atoms with Gasteiger partial charge < -0.3 is 19.1 Å². The molecule has 29 heavy (non-hydrogen) atoms. The second-order valence-electron chi connectivity index (χ2n) is 8.28. The number of carbonyl (C=O) groups excluding carboxylic acids is 1. The van der Waals surface area contributed by atoms with E-state index in [1.807, 2.05) is 31.3 Å². The lowest BCUT2D eigenvalue weighted by molar-refractivity contribution is 0.0719. The lowest BCUT2D eigenvalue weighted by atomic mass is 9.89. The molecule has 152 valence electrons. The van der Waals surface area contributed by atoms with Crippen molar-refractivity contribution < 1.29 is 14.1 Å². The Hall–Kier alpha value is -2.93. The van der Waals surface area contributed by atoms with Crippen molar-refractivity contribution in [3.05, 3.63) is 54.2 Å². The first-order valence-electron chi connectivity index (χ1n) is 9.79. The van der Waals surface area contributed by atoms with Crippen LogP contribution in [-0.2, 0) is 6.61 Å². The smallest absolute Gasteiger partial charge is 0.275 e. The van der Waals surface area contributed by atoms with Crippen molar-refractivity contribution in [3.8, 4) is 5.75 Å². The molecule has 1 aromatic carbocycles. The minimum absolute atomic E-state index is 0.109. The van der Waals surface area contributed by atoms with Crippen molar-refractivity contribution in [1.82, 2.24) is 19.9 Å². The Bertz CT molecular complexity index is 1010. The Balaban J connectivity index is 1.39. The Morgan fingerprint density at radius 3 is 3.03 bits per heavy atom. The van der Waals surface area contributed by atoms with Gasteiger partial charge in [-0.25, -0.2) is 0 Å². The maximum Gasteiger partial charge on any atom is 0.275 e. The molecule has 0 N–H and O–H groups in total. The number of rotatable bonds is 6. The van der Waals surface area contributed by atoms with Gasteiger partial charge in [0.25, 0.3) is 5.91 Å². The second-order valence-corrected chi connectivity index (χ2v) is 8.28. The van der Waals surface area contributed by atoms with E-state index in [0.717, 1.165) is 36.0 Å². The topological polar surface area (TPSA) is 71.7 Å². The van der Waals surface area contributed by atoms with Gasteiger partial charge in [0.1, 0.15) is 12.4 Å². The summed E-state index contributed by atoms with van der Waals surface area (Å²) in [6.45, 7) is 5.17. The molecule has 0 radical (unpaired) electrons. The van der Waals surface area contributed by atoms with E-state index in [0.29, 0.717) is 18.0 Å². The molecule has 0 aliphatic carbocycles. The van der Waals surface area contributed by atoms with E-state index in [1.54, 1.807) is 23.4 Å². The van der Waals surface area contributed by atoms with Gasteiger partial charge >= 0.3 is 0 Å². The fourth-order valence-corrected chi connectivity index (χ4v) is 4.09. The molecule has 1 amide bonds. The van der Waals surface area contributed by atoms with Gasteiger partial charge in [-0.1, -0.05) is 24.2 Å². The number of aromatic nitrogens is 2. The molecule has 2 aromatic heterocycles. The number of hydrogen-bond donors (Lipinski definition) is 0. The van der Waals surface area contributed by atoms with Gasteiger partial charge in [0.05, 0.1) is 0 Å². The zero-order chi connectivity index (χ0) is 20.4. The summed E-state index contributed by atoms with van der Waals surface area (Å²) in [4.78, 5) is 20.9. The highest BCUT2D eigenvalue weighted by Gasteiger charge is 2.34. The molecule has 1 aliphatic heterocycles. The van der Waals surface area contributed by atoms with Crippen LogP contribution in [0.25, 0.3) is 10.8 Å². The van der Waals surface area contributed by atoms with E-state index < -0.39 is 0 Å². The standard InChI is InChI=1S/C22H26N4O3/c1-22(8-10-25(2)14-22)15-26(3)21(27)19-11-17(29-24-19)13-28-20-6-4-5-16-12-23-9-7-18(16)20/h4-7,9,11-12H,8,10,13-15H2,1-3H3/t22-/m1/s1. The van der Waals surface area contributed by atoms with E-state index in [2.05, 4.69) is 29.0 Å². The molecule has 4 rings (SSSR count). The zero-order valence-electron chi connectivity index (χ0n) is 17.1. The van der Waals surface area contributed by atoms with Crippen LogP contribution in [0.3, 0.4) is 0 Å². The summed E-state index contributed by atoms with van der Waals surface area (Å²) in [5, 5.41) is 5.94. The van der Waals surface area contributed by atoms with E-state index in [-0.39, 0.29) is 17.9 Å². The minimum Gasteiger partial charge on any atom is -0.485 e. The summed E-state index contributed by atoms with van der Waals surface area (Å²) in [7, 11) is 3.93. The highest BCUT2D eigenvalue weighted by atomic mass is 16.5. The molecule has 0 bridgehead atoms. The van der Waals surface area contributed by atoms with Gasteiger partial charge in [0.15, 0.2) is 11.5 Å². The Kier molecular flexibility index (Phi) is 5.24. The molecule has 1 aliphatic rings. The Morgan fingerprint density at radius 2 is 2.24 bits per heavy atom. The lowest BCUT2D eigenvalue weighted by Crippen LogP contribution is -2.38. The largest absolute Gasteiger partial charge is 0.485 e. The summed E-state index contributed by atoms with van der Waals surface area (Å²) in [6.07, 6.45) is 4.62.